The molecule has 0 saturated heterocycles. The Morgan fingerprint density at radius 2 is 2.11 bits per heavy atom. The summed E-state index contributed by atoms with van der Waals surface area (Å²) in [5.74, 6) is -1.50. The Kier molecular flexibility index (Phi) is 8.37. The second-order valence-corrected chi connectivity index (χ2v) is 4.86. The minimum Gasteiger partial charge on any atom is -0.480 e. The minimum atomic E-state index is -1.13. The highest BCUT2D eigenvalue weighted by molar-refractivity contribution is 8.00. The van der Waals surface area contributed by atoms with Crippen molar-refractivity contribution in [1.82, 2.24) is 10.2 Å². The van der Waals surface area contributed by atoms with E-state index >= 15 is 0 Å². The maximum atomic E-state index is 11.6. The van der Waals surface area contributed by atoms with E-state index in [2.05, 4.69) is 5.32 Å². The molecule has 0 aliphatic heterocycles. The summed E-state index contributed by atoms with van der Waals surface area (Å²) in [6.07, 6.45) is 0.260. The van der Waals surface area contributed by atoms with Crippen LogP contribution in [0, 0.1) is 11.3 Å². The molecule has 0 aromatic rings. The molecule has 106 valence electrons. The molecule has 7 nitrogen and oxygen atoms in total. The van der Waals surface area contributed by atoms with E-state index in [4.69, 9.17) is 10.4 Å². The van der Waals surface area contributed by atoms with Gasteiger partial charge in [0.15, 0.2) is 0 Å². The number of rotatable bonds is 8. The second kappa shape index (κ2) is 9.22. The van der Waals surface area contributed by atoms with Crippen molar-refractivity contribution in [2.24, 2.45) is 0 Å². The zero-order valence-electron chi connectivity index (χ0n) is 10.9. The average Bonchev–Trinajstić information content (AvgIpc) is 2.33. The minimum absolute atomic E-state index is 0.116. The van der Waals surface area contributed by atoms with Crippen molar-refractivity contribution < 1.29 is 19.5 Å². The van der Waals surface area contributed by atoms with E-state index < -0.39 is 17.9 Å². The Balaban J connectivity index is 4.05. The summed E-state index contributed by atoms with van der Waals surface area (Å²) in [4.78, 5) is 34.6. The molecule has 2 amide bonds. The van der Waals surface area contributed by atoms with Crippen molar-refractivity contribution in [2.75, 3.05) is 25.1 Å². The van der Waals surface area contributed by atoms with Crippen LogP contribution in [0.1, 0.15) is 13.3 Å². The first-order valence-corrected chi connectivity index (χ1v) is 6.72. The SMILES string of the molecule is CC(=O)N[C@@H](CSCC(=O)N(C)CCC#N)C(=O)O. The fraction of sp³-hybridized carbons (Fsp3) is 0.636. The quantitative estimate of drug-likeness (QED) is 0.633. The molecule has 0 aliphatic rings. The highest BCUT2D eigenvalue weighted by Gasteiger charge is 2.19. The number of thioether (sulfide) groups is 1. The van der Waals surface area contributed by atoms with Crippen LogP contribution in [0.2, 0.25) is 0 Å². The van der Waals surface area contributed by atoms with Gasteiger partial charge in [0.1, 0.15) is 6.04 Å². The van der Waals surface area contributed by atoms with Gasteiger partial charge in [-0.2, -0.15) is 5.26 Å². The predicted octanol–water partition coefficient (Wildman–Crippen LogP) is -0.319. The number of hydrogen-bond acceptors (Lipinski definition) is 5. The largest absolute Gasteiger partial charge is 0.480 e. The van der Waals surface area contributed by atoms with Crippen LogP contribution in [0.25, 0.3) is 0 Å². The fourth-order valence-electron chi connectivity index (χ4n) is 1.14. The Labute approximate surface area is 115 Å². The first-order valence-electron chi connectivity index (χ1n) is 5.57. The molecule has 0 saturated carbocycles. The van der Waals surface area contributed by atoms with Gasteiger partial charge in [-0.3, -0.25) is 9.59 Å². The first-order chi connectivity index (χ1) is 8.88. The van der Waals surface area contributed by atoms with Gasteiger partial charge in [-0.25, -0.2) is 4.79 Å². The summed E-state index contributed by atoms with van der Waals surface area (Å²) in [6.45, 7) is 1.59. The number of carbonyl (C=O) groups is 3. The molecule has 0 unspecified atom stereocenters. The lowest BCUT2D eigenvalue weighted by molar-refractivity contribution is -0.140. The molecule has 8 heteroatoms. The van der Waals surface area contributed by atoms with Gasteiger partial charge in [0.05, 0.1) is 18.2 Å². The van der Waals surface area contributed by atoms with Gasteiger partial charge in [-0.15, -0.1) is 11.8 Å². The number of hydrogen-bond donors (Lipinski definition) is 2. The van der Waals surface area contributed by atoms with Gasteiger partial charge in [0, 0.05) is 26.3 Å². The van der Waals surface area contributed by atoms with Gasteiger partial charge < -0.3 is 15.3 Å². The second-order valence-electron chi connectivity index (χ2n) is 3.83. The maximum Gasteiger partial charge on any atom is 0.327 e. The molecular formula is C11H17N3O4S. The smallest absolute Gasteiger partial charge is 0.327 e. The molecule has 0 rings (SSSR count). The molecular weight excluding hydrogens is 270 g/mol. The van der Waals surface area contributed by atoms with Crippen LogP contribution in [-0.2, 0) is 14.4 Å². The fourth-order valence-corrected chi connectivity index (χ4v) is 2.11. The van der Waals surface area contributed by atoms with Gasteiger partial charge in [0.25, 0.3) is 0 Å². The highest BCUT2D eigenvalue weighted by Crippen LogP contribution is 2.05. The topological polar surface area (TPSA) is 111 Å². The number of carboxylic acid groups (broad SMARTS) is 1. The van der Waals surface area contributed by atoms with Crippen LogP contribution < -0.4 is 5.32 Å². The normalized spacial score (nSPS) is 11.2. The third-order valence-electron chi connectivity index (χ3n) is 2.17. The van der Waals surface area contributed by atoms with Crippen molar-refractivity contribution in [3.8, 4) is 6.07 Å². The van der Waals surface area contributed by atoms with E-state index in [-0.39, 0.29) is 23.8 Å². The lowest BCUT2D eigenvalue weighted by Gasteiger charge is -2.16. The van der Waals surface area contributed by atoms with Gasteiger partial charge in [0.2, 0.25) is 11.8 Å². The molecule has 19 heavy (non-hydrogen) atoms. The van der Waals surface area contributed by atoms with E-state index in [9.17, 15) is 14.4 Å². The van der Waals surface area contributed by atoms with Crippen molar-refractivity contribution in [2.45, 2.75) is 19.4 Å². The molecule has 0 radical (unpaired) electrons. The zero-order valence-corrected chi connectivity index (χ0v) is 11.7. The van der Waals surface area contributed by atoms with Crippen LogP contribution in [-0.4, -0.2) is 58.9 Å². The van der Waals surface area contributed by atoms with Gasteiger partial charge in [-0.1, -0.05) is 0 Å². The zero-order chi connectivity index (χ0) is 14.8. The number of amides is 2. The summed E-state index contributed by atoms with van der Waals surface area (Å²) < 4.78 is 0. The Bertz CT molecular complexity index is 381. The summed E-state index contributed by atoms with van der Waals surface area (Å²) in [5.41, 5.74) is 0. The first kappa shape index (κ1) is 17.2. The van der Waals surface area contributed by atoms with Crippen molar-refractivity contribution in [3.63, 3.8) is 0 Å². The number of aliphatic carboxylic acids is 1. The summed E-state index contributed by atoms with van der Waals surface area (Å²) in [5, 5.41) is 19.5. The van der Waals surface area contributed by atoms with E-state index in [1.165, 1.54) is 11.8 Å². The molecule has 0 aliphatic carbocycles. The van der Waals surface area contributed by atoms with Crippen LogP contribution >= 0.6 is 11.8 Å². The summed E-state index contributed by atoms with van der Waals surface area (Å²) in [7, 11) is 1.59. The van der Waals surface area contributed by atoms with E-state index in [0.29, 0.717) is 6.54 Å². The predicted molar refractivity (Wildman–Crippen MR) is 70.4 cm³/mol. The third-order valence-corrected chi connectivity index (χ3v) is 3.19. The van der Waals surface area contributed by atoms with Crippen LogP contribution in [0.15, 0.2) is 0 Å². The number of carbonyl (C=O) groups excluding carboxylic acids is 2. The Morgan fingerprint density at radius 1 is 1.47 bits per heavy atom. The van der Waals surface area contributed by atoms with Gasteiger partial charge >= 0.3 is 5.97 Å². The lowest BCUT2D eigenvalue weighted by Crippen LogP contribution is -2.41. The molecule has 0 heterocycles. The Morgan fingerprint density at radius 3 is 2.58 bits per heavy atom. The summed E-state index contributed by atoms with van der Waals surface area (Å²) in [6, 6.07) is 0.938. The van der Waals surface area contributed by atoms with Crippen LogP contribution in [0.4, 0.5) is 0 Å². The number of nitriles is 1. The standard InChI is InChI=1S/C11H17N3O4S/c1-8(15)13-9(11(17)18)6-19-7-10(16)14(2)5-3-4-12/h9H,3,5-7H2,1-2H3,(H,13,15)(H,17,18)/t9-/m0/s1. The van der Waals surface area contributed by atoms with Crippen molar-refractivity contribution >= 4 is 29.5 Å². The molecule has 0 fully saturated rings. The molecule has 0 aromatic heterocycles. The van der Waals surface area contributed by atoms with Crippen LogP contribution in [0.5, 0.6) is 0 Å². The molecule has 1 atom stereocenters. The Hall–Kier alpha value is -1.75. The highest BCUT2D eigenvalue weighted by atomic mass is 32.2. The summed E-state index contributed by atoms with van der Waals surface area (Å²) >= 11 is 1.13. The molecule has 0 spiro atoms. The van der Waals surface area contributed by atoms with Gasteiger partial charge in [-0.05, 0) is 0 Å². The third kappa shape index (κ3) is 8.05. The maximum absolute atomic E-state index is 11.6. The van der Waals surface area contributed by atoms with E-state index in [1.807, 2.05) is 6.07 Å². The molecule has 2 N–H and O–H groups in total. The molecule has 0 aromatic carbocycles. The van der Waals surface area contributed by atoms with Crippen molar-refractivity contribution in [3.05, 3.63) is 0 Å². The number of carboxylic acids is 1. The monoisotopic (exact) mass is 287 g/mol. The van der Waals surface area contributed by atoms with Crippen molar-refractivity contribution in [1.29, 1.82) is 5.26 Å². The van der Waals surface area contributed by atoms with E-state index in [1.54, 1.807) is 7.05 Å². The number of nitrogens with one attached hydrogen (secondary N) is 1. The average molecular weight is 287 g/mol. The van der Waals surface area contributed by atoms with E-state index in [0.717, 1.165) is 11.8 Å². The number of nitrogens with zero attached hydrogens (tertiary/aromatic N) is 2. The molecule has 0 bridgehead atoms. The van der Waals surface area contributed by atoms with Crippen LogP contribution in [0.3, 0.4) is 0 Å². The lowest BCUT2D eigenvalue weighted by atomic mass is 10.3.